The number of benzene rings is 1. The lowest BCUT2D eigenvalue weighted by Crippen LogP contribution is -2.32. The maximum Gasteiger partial charge on any atom is 0.225 e. The highest BCUT2D eigenvalue weighted by Crippen LogP contribution is 2.38. The summed E-state index contributed by atoms with van der Waals surface area (Å²) in [6, 6.07) is 9.68. The van der Waals surface area contributed by atoms with Crippen molar-refractivity contribution < 1.29 is 9.53 Å². The van der Waals surface area contributed by atoms with Gasteiger partial charge in [-0.1, -0.05) is 25.1 Å². The third kappa shape index (κ3) is 3.22. The number of rotatable bonds is 5. The van der Waals surface area contributed by atoms with Gasteiger partial charge in [-0.15, -0.1) is 0 Å². The lowest BCUT2D eigenvalue weighted by molar-refractivity contribution is -0.131. The van der Waals surface area contributed by atoms with Crippen molar-refractivity contribution in [2.45, 2.75) is 13.3 Å². The maximum atomic E-state index is 11.8. The summed E-state index contributed by atoms with van der Waals surface area (Å²) in [6.07, 6.45) is 1.04. The molecule has 0 bridgehead atoms. The van der Waals surface area contributed by atoms with Crippen molar-refractivity contribution in [1.29, 1.82) is 0 Å². The first-order valence-electron chi connectivity index (χ1n) is 6.11. The second-order valence-electron chi connectivity index (χ2n) is 4.74. The Hall–Kier alpha value is -1.51. The van der Waals surface area contributed by atoms with Gasteiger partial charge in [-0.25, -0.2) is 0 Å². The minimum absolute atomic E-state index is 0.258. The van der Waals surface area contributed by atoms with Gasteiger partial charge in [0.2, 0.25) is 5.91 Å². The summed E-state index contributed by atoms with van der Waals surface area (Å²) in [5.74, 6) is 1.94. The average Bonchev–Trinajstić information content (AvgIpc) is 3.06. The molecule has 0 saturated heterocycles. The molecule has 1 amide bonds. The molecule has 17 heavy (non-hydrogen) atoms. The molecule has 2 atom stereocenters. The molecule has 1 aromatic carbocycles. The highest BCUT2D eigenvalue weighted by Gasteiger charge is 2.40. The Morgan fingerprint density at radius 2 is 2.06 bits per heavy atom. The molecule has 1 fully saturated rings. The fourth-order valence-corrected chi connectivity index (χ4v) is 1.88. The topological polar surface area (TPSA) is 29.5 Å². The highest BCUT2D eigenvalue weighted by molar-refractivity contribution is 5.81. The van der Waals surface area contributed by atoms with E-state index in [0.29, 0.717) is 19.1 Å². The number of hydrogen-bond donors (Lipinski definition) is 0. The smallest absolute Gasteiger partial charge is 0.225 e. The number of carbonyl (C=O) groups is 1. The van der Waals surface area contributed by atoms with E-state index in [-0.39, 0.29) is 11.8 Å². The second-order valence-corrected chi connectivity index (χ2v) is 4.74. The summed E-state index contributed by atoms with van der Waals surface area (Å²) in [5.41, 5.74) is 0. The van der Waals surface area contributed by atoms with Crippen molar-refractivity contribution >= 4 is 5.91 Å². The van der Waals surface area contributed by atoms with Crippen LogP contribution in [0, 0.1) is 11.8 Å². The molecule has 0 unspecified atom stereocenters. The molecule has 3 nitrogen and oxygen atoms in total. The minimum atomic E-state index is 0.258. The van der Waals surface area contributed by atoms with Gasteiger partial charge in [0.05, 0.1) is 6.54 Å². The first-order chi connectivity index (χ1) is 8.18. The van der Waals surface area contributed by atoms with Crippen LogP contribution in [0.25, 0.3) is 0 Å². The highest BCUT2D eigenvalue weighted by atomic mass is 16.5. The Morgan fingerprint density at radius 1 is 1.41 bits per heavy atom. The normalized spacial score (nSPS) is 22.0. The van der Waals surface area contributed by atoms with E-state index in [9.17, 15) is 4.79 Å². The molecule has 92 valence electrons. The summed E-state index contributed by atoms with van der Waals surface area (Å²) in [7, 11) is 1.85. The molecule has 2 rings (SSSR count). The van der Waals surface area contributed by atoms with Gasteiger partial charge in [0.15, 0.2) is 0 Å². The van der Waals surface area contributed by atoms with Crippen LogP contribution in [0.5, 0.6) is 5.75 Å². The molecule has 0 radical (unpaired) electrons. The van der Waals surface area contributed by atoms with Crippen LogP contribution in [0.2, 0.25) is 0 Å². The minimum Gasteiger partial charge on any atom is -0.492 e. The second kappa shape index (κ2) is 5.21. The van der Waals surface area contributed by atoms with E-state index in [0.717, 1.165) is 12.2 Å². The van der Waals surface area contributed by atoms with Crippen molar-refractivity contribution in [1.82, 2.24) is 4.90 Å². The van der Waals surface area contributed by atoms with E-state index >= 15 is 0 Å². The summed E-state index contributed by atoms with van der Waals surface area (Å²) in [5, 5.41) is 0. The van der Waals surface area contributed by atoms with Crippen LogP contribution in [0.1, 0.15) is 13.3 Å². The molecule has 1 saturated carbocycles. The van der Waals surface area contributed by atoms with E-state index in [2.05, 4.69) is 6.92 Å². The molecule has 1 aliphatic carbocycles. The molecule has 0 aliphatic heterocycles. The van der Waals surface area contributed by atoms with Crippen molar-refractivity contribution in [3.05, 3.63) is 30.3 Å². The number of hydrogen-bond acceptors (Lipinski definition) is 2. The first-order valence-corrected chi connectivity index (χ1v) is 6.11. The van der Waals surface area contributed by atoms with Crippen molar-refractivity contribution in [2.24, 2.45) is 11.8 Å². The Labute approximate surface area is 102 Å². The van der Waals surface area contributed by atoms with Crippen LogP contribution in [0.3, 0.4) is 0 Å². The molecular weight excluding hydrogens is 214 g/mol. The molecule has 0 spiro atoms. The predicted octanol–water partition coefficient (Wildman–Crippen LogP) is 2.18. The van der Waals surface area contributed by atoms with Gasteiger partial charge >= 0.3 is 0 Å². The number of para-hydroxylation sites is 1. The zero-order chi connectivity index (χ0) is 12.3. The largest absolute Gasteiger partial charge is 0.492 e. The fourth-order valence-electron chi connectivity index (χ4n) is 1.88. The van der Waals surface area contributed by atoms with Gasteiger partial charge in [-0.05, 0) is 24.5 Å². The predicted molar refractivity (Wildman–Crippen MR) is 66.8 cm³/mol. The quantitative estimate of drug-likeness (QED) is 0.780. The first kappa shape index (κ1) is 12.0. The van der Waals surface area contributed by atoms with Gasteiger partial charge in [-0.3, -0.25) is 4.79 Å². The third-order valence-electron chi connectivity index (χ3n) is 3.24. The van der Waals surface area contributed by atoms with Crippen LogP contribution in [-0.2, 0) is 4.79 Å². The van der Waals surface area contributed by atoms with Gasteiger partial charge in [0.25, 0.3) is 0 Å². The van der Waals surface area contributed by atoms with E-state index < -0.39 is 0 Å². The number of ether oxygens (including phenoxy) is 1. The SMILES string of the molecule is C[C@@H]1C[C@H]1C(=O)N(C)CCOc1ccccc1. The van der Waals surface area contributed by atoms with E-state index in [1.165, 1.54) is 0 Å². The lowest BCUT2D eigenvalue weighted by Gasteiger charge is -2.17. The zero-order valence-corrected chi connectivity index (χ0v) is 10.4. The maximum absolute atomic E-state index is 11.8. The van der Waals surface area contributed by atoms with Gasteiger partial charge in [0, 0.05) is 13.0 Å². The Kier molecular flexibility index (Phi) is 3.67. The molecule has 3 heteroatoms. The van der Waals surface area contributed by atoms with Crippen LogP contribution in [0.15, 0.2) is 30.3 Å². The molecule has 0 heterocycles. The van der Waals surface area contributed by atoms with E-state index in [1.807, 2.05) is 37.4 Å². The van der Waals surface area contributed by atoms with Crippen molar-refractivity contribution in [3.63, 3.8) is 0 Å². The van der Waals surface area contributed by atoms with Crippen LogP contribution in [-0.4, -0.2) is 31.0 Å². The monoisotopic (exact) mass is 233 g/mol. The van der Waals surface area contributed by atoms with E-state index in [1.54, 1.807) is 4.90 Å². The van der Waals surface area contributed by atoms with Gasteiger partial charge in [-0.2, -0.15) is 0 Å². The Morgan fingerprint density at radius 3 is 2.65 bits per heavy atom. The summed E-state index contributed by atoms with van der Waals surface area (Å²) >= 11 is 0. The average molecular weight is 233 g/mol. The standard InChI is InChI=1S/C14H19NO2/c1-11-10-13(11)14(16)15(2)8-9-17-12-6-4-3-5-7-12/h3-7,11,13H,8-10H2,1-2H3/t11-,13-/m1/s1. The summed E-state index contributed by atoms with van der Waals surface area (Å²) < 4.78 is 5.56. The van der Waals surface area contributed by atoms with Crippen molar-refractivity contribution in [3.8, 4) is 5.75 Å². The number of carbonyl (C=O) groups excluding carboxylic acids is 1. The Balaban J connectivity index is 1.70. The molecule has 1 aromatic rings. The molecular formula is C14H19NO2. The van der Waals surface area contributed by atoms with Crippen LogP contribution in [0.4, 0.5) is 0 Å². The van der Waals surface area contributed by atoms with Crippen LogP contribution >= 0.6 is 0 Å². The lowest BCUT2D eigenvalue weighted by atomic mass is 10.3. The molecule has 0 N–H and O–H groups in total. The number of amides is 1. The van der Waals surface area contributed by atoms with Gasteiger partial charge < -0.3 is 9.64 Å². The summed E-state index contributed by atoms with van der Waals surface area (Å²) in [6.45, 7) is 3.32. The van der Waals surface area contributed by atoms with E-state index in [4.69, 9.17) is 4.74 Å². The number of likely N-dealkylation sites (N-methyl/N-ethyl adjacent to an activating group) is 1. The van der Waals surface area contributed by atoms with Crippen molar-refractivity contribution in [2.75, 3.05) is 20.2 Å². The molecule has 0 aromatic heterocycles. The molecule has 1 aliphatic rings. The fraction of sp³-hybridized carbons (Fsp3) is 0.500. The number of nitrogens with zero attached hydrogens (tertiary/aromatic N) is 1. The zero-order valence-electron chi connectivity index (χ0n) is 10.4. The summed E-state index contributed by atoms with van der Waals surface area (Å²) in [4.78, 5) is 13.6. The van der Waals surface area contributed by atoms with Gasteiger partial charge in [0.1, 0.15) is 12.4 Å². The van der Waals surface area contributed by atoms with Crippen LogP contribution < -0.4 is 4.74 Å². The third-order valence-corrected chi connectivity index (χ3v) is 3.24. The Bertz CT molecular complexity index is 377.